The molecule has 78 valence electrons. The number of hydrogen-bond donors (Lipinski definition) is 1. The summed E-state index contributed by atoms with van der Waals surface area (Å²) in [6, 6.07) is 0.227. The molecule has 0 saturated heterocycles. The van der Waals surface area contributed by atoms with E-state index in [9.17, 15) is 4.79 Å². The van der Waals surface area contributed by atoms with Crippen molar-refractivity contribution in [2.24, 2.45) is 5.73 Å². The van der Waals surface area contributed by atoms with Crippen molar-refractivity contribution in [2.75, 3.05) is 26.8 Å². The van der Waals surface area contributed by atoms with Crippen LogP contribution < -0.4 is 5.73 Å². The monoisotopic (exact) mass is 188 g/mol. The van der Waals surface area contributed by atoms with Crippen LogP contribution in [0.1, 0.15) is 20.3 Å². The van der Waals surface area contributed by atoms with Crippen LogP contribution in [0.15, 0.2) is 0 Å². The van der Waals surface area contributed by atoms with Crippen molar-refractivity contribution in [1.82, 2.24) is 4.90 Å². The highest BCUT2D eigenvalue weighted by atomic mass is 16.5. The number of nitrogens with zero attached hydrogens (tertiary/aromatic N) is 1. The lowest BCUT2D eigenvalue weighted by molar-refractivity contribution is -0.136. The number of carbonyl (C=O) groups excluding carboxylic acids is 1. The Kier molecular flexibility index (Phi) is 6.54. The lowest BCUT2D eigenvalue weighted by Gasteiger charge is -2.21. The molecule has 0 aromatic rings. The Hall–Kier alpha value is -0.610. The van der Waals surface area contributed by atoms with Crippen molar-refractivity contribution in [2.45, 2.75) is 26.3 Å². The van der Waals surface area contributed by atoms with E-state index in [0.29, 0.717) is 13.2 Å². The van der Waals surface area contributed by atoms with Crippen molar-refractivity contribution >= 4 is 5.91 Å². The van der Waals surface area contributed by atoms with Crippen LogP contribution in [0, 0.1) is 0 Å². The number of carbonyl (C=O) groups is 1. The molecule has 0 aliphatic heterocycles. The van der Waals surface area contributed by atoms with Crippen molar-refractivity contribution in [3.8, 4) is 0 Å². The molecule has 0 aliphatic carbocycles. The van der Waals surface area contributed by atoms with E-state index in [0.717, 1.165) is 6.42 Å². The van der Waals surface area contributed by atoms with Gasteiger partial charge in [0, 0.05) is 19.7 Å². The summed E-state index contributed by atoms with van der Waals surface area (Å²) in [6.07, 6.45) is 0.804. The second kappa shape index (κ2) is 6.86. The molecule has 0 aromatic carbocycles. The fourth-order valence-corrected chi connectivity index (χ4v) is 0.735. The molecule has 0 aliphatic rings. The molecule has 0 aromatic heterocycles. The summed E-state index contributed by atoms with van der Waals surface area (Å²) < 4.78 is 5.14. The molecule has 0 heterocycles. The molecule has 2 N–H and O–H groups in total. The van der Waals surface area contributed by atoms with Gasteiger partial charge in [-0.15, -0.1) is 0 Å². The fraction of sp³-hybridized carbons (Fsp3) is 0.889. The van der Waals surface area contributed by atoms with Crippen LogP contribution in [-0.2, 0) is 9.53 Å². The van der Waals surface area contributed by atoms with E-state index in [-0.39, 0.29) is 18.6 Å². The highest BCUT2D eigenvalue weighted by Crippen LogP contribution is 1.94. The normalized spacial score (nSPS) is 10.5. The van der Waals surface area contributed by atoms with Gasteiger partial charge < -0.3 is 15.4 Å². The number of amides is 1. The molecule has 0 bridgehead atoms. The van der Waals surface area contributed by atoms with Gasteiger partial charge in [0.25, 0.3) is 0 Å². The Morgan fingerprint density at radius 2 is 2.15 bits per heavy atom. The number of ether oxygens (including phenoxy) is 1. The van der Waals surface area contributed by atoms with Crippen LogP contribution in [0.4, 0.5) is 0 Å². The first-order chi connectivity index (χ1) is 6.09. The van der Waals surface area contributed by atoms with Gasteiger partial charge in [0.2, 0.25) is 5.91 Å². The molecular formula is C9H20N2O2. The smallest absolute Gasteiger partial charge is 0.248 e. The van der Waals surface area contributed by atoms with E-state index in [4.69, 9.17) is 10.5 Å². The summed E-state index contributed by atoms with van der Waals surface area (Å²) in [5, 5.41) is 0. The van der Waals surface area contributed by atoms with Crippen LogP contribution in [0.2, 0.25) is 0 Å². The van der Waals surface area contributed by atoms with Crippen molar-refractivity contribution in [1.29, 1.82) is 0 Å². The molecule has 1 amide bonds. The van der Waals surface area contributed by atoms with E-state index >= 15 is 0 Å². The molecule has 0 fully saturated rings. The van der Waals surface area contributed by atoms with E-state index in [1.54, 1.807) is 11.9 Å². The number of likely N-dealkylation sites (N-methyl/N-ethyl adjacent to an activating group) is 1. The van der Waals surface area contributed by atoms with Gasteiger partial charge in [-0.2, -0.15) is 0 Å². The summed E-state index contributed by atoms with van der Waals surface area (Å²) in [6.45, 7) is 5.27. The molecule has 4 nitrogen and oxygen atoms in total. The highest BCUT2D eigenvalue weighted by molar-refractivity contribution is 5.77. The lowest BCUT2D eigenvalue weighted by atomic mass is 10.3. The Morgan fingerprint density at radius 1 is 1.54 bits per heavy atom. The SMILES string of the molecule is CC(C)N(C)C(=O)COCCCN. The molecule has 0 radical (unpaired) electrons. The van der Waals surface area contributed by atoms with Crippen LogP contribution in [0.3, 0.4) is 0 Å². The topological polar surface area (TPSA) is 55.6 Å². The van der Waals surface area contributed by atoms with E-state index in [2.05, 4.69) is 0 Å². The Morgan fingerprint density at radius 3 is 2.62 bits per heavy atom. The molecular weight excluding hydrogens is 168 g/mol. The number of hydrogen-bond acceptors (Lipinski definition) is 3. The van der Waals surface area contributed by atoms with Crippen molar-refractivity contribution in [3.05, 3.63) is 0 Å². The minimum atomic E-state index is 0.0204. The van der Waals surface area contributed by atoms with Crippen LogP contribution >= 0.6 is 0 Å². The third kappa shape index (κ3) is 5.60. The molecule has 13 heavy (non-hydrogen) atoms. The fourth-order valence-electron chi connectivity index (χ4n) is 0.735. The predicted octanol–water partition coefficient (Wildman–Crippen LogP) is 0.219. The Bertz CT molecular complexity index is 149. The zero-order valence-corrected chi connectivity index (χ0v) is 8.75. The maximum atomic E-state index is 11.3. The molecule has 0 rings (SSSR count). The molecule has 0 spiro atoms. The zero-order valence-electron chi connectivity index (χ0n) is 8.75. The maximum absolute atomic E-state index is 11.3. The van der Waals surface area contributed by atoms with Gasteiger partial charge in [-0.1, -0.05) is 0 Å². The minimum absolute atomic E-state index is 0.0204. The van der Waals surface area contributed by atoms with Gasteiger partial charge in [-0.05, 0) is 26.8 Å². The standard InChI is InChI=1S/C9H20N2O2/c1-8(2)11(3)9(12)7-13-6-4-5-10/h8H,4-7,10H2,1-3H3. The van der Waals surface area contributed by atoms with E-state index < -0.39 is 0 Å². The lowest BCUT2D eigenvalue weighted by Crippen LogP contribution is -2.35. The molecule has 0 saturated carbocycles. The molecule has 4 heteroatoms. The third-order valence-corrected chi connectivity index (χ3v) is 1.89. The second-order valence-electron chi connectivity index (χ2n) is 3.29. The van der Waals surface area contributed by atoms with Crippen LogP contribution in [0.5, 0.6) is 0 Å². The van der Waals surface area contributed by atoms with Gasteiger partial charge in [0.15, 0.2) is 0 Å². The third-order valence-electron chi connectivity index (χ3n) is 1.89. The average Bonchev–Trinajstić information content (AvgIpc) is 2.10. The molecule has 0 atom stereocenters. The summed E-state index contributed by atoms with van der Waals surface area (Å²) in [5.41, 5.74) is 5.28. The van der Waals surface area contributed by atoms with E-state index in [1.165, 1.54) is 0 Å². The maximum Gasteiger partial charge on any atom is 0.248 e. The molecule has 0 unspecified atom stereocenters. The largest absolute Gasteiger partial charge is 0.372 e. The zero-order chi connectivity index (χ0) is 10.3. The number of nitrogens with two attached hydrogens (primary N) is 1. The minimum Gasteiger partial charge on any atom is -0.372 e. The van der Waals surface area contributed by atoms with Gasteiger partial charge >= 0.3 is 0 Å². The Labute approximate surface area is 80.0 Å². The summed E-state index contributed by atoms with van der Waals surface area (Å²) in [4.78, 5) is 13.0. The van der Waals surface area contributed by atoms with Crippen LogP contribution in [0.25, 0.3) is 0 Å². The second-order valence-corrected chi connectivity index (χ2v) is 3.29. The van der Waals surface area contributed by atoms with Gasteiger partial charge in [0.1, 0.15) is 6.61 Å². The summed E-state index contributed by atoms with van der Waals surface area (Å²) >= 11 is 0. The first-order valence-electron chi connectivity index (χ1n) is 4.63. The first-order valence-corrected chi connectivity index (χ1v) is 4.63. The van der Waals surface area contributed by atoms with Crippen molar-refractivity contribution in [3.63, 3.8) is 0 Å². The highest BCUT2D eigenvalue weighted by Gasteiger charge is 2.10. The number of rotatable bonds is 6. The van der Waals surface area contributed by atoms with E-state index in [1.807, 2.05) is 13.8 Å². The summed E-state index contributed by atoms with van der Waals surface area (Å²) in [7, 11) is 1.78. The van der Waals surface area contributed by atoms with Gasteiger partial charge in [-0.25, -0.2) is 0 Å². The quantitative estimate of drug-likeness (QED) is 0.607. The average molecular weight is 188 g/mol. The van der Waals surface area contributed by atoms with Crippen LogP contribution in [-0.4, -0.2) is 43.7 Å². The first kappa shape index (κ1) is 12.4. The summed E-state index contributed by atoms with van der Waals surface area (Å²) in [5.74, 6) is 0.0204. The van der Waals surface area contributed by atoms with Gasteiger partial charge in [-0.3, -0.25) is 4.79 Å². The predicted molar refractivity (Wildman–Crippen MR) is 52.4 cm³/mol. The van der Waals surface area contributed by atoms with Gasteiger partial charge in [0.05, 0.1) is 0 Å². The van der Waals surface area contributed by atoms with Crippen molar-refractivity contribution < 1.29 is 9.53 Å². The Balaban J connectivity index is 3.50.